The van der Waals surface area contributed by atoms with Crippen molar-refractivity contribution in [1.82, 2.24) is 24.4 Å². The molecule has 0 saturated heterocycles. The normalized spacial score (nSPS) is 13.0. The van der Waals surface area contributed by atoms with Gasteiger partial charge in [0.15, 0.2) is 0 Å². The van der Waals surface area contributed by atoms with Gasteiger partial charge in [-0.1, -0.05) is 0 Å². The highest BCUT2D eigenvalue weighted by Gasteiger charge is 2.18. The van der Waals surface area contributed by atoms with Gasteiger partial charge in [0.25, 0.3) is 5.91 Å². The molecule has 1 N–H and O–H groups in total. The number of carbonyl (C=O) groups is 1. The van der Waals surface area contributed by atoms with E-state index in [1.54, 1.807) is 11.0 Å². The number of amides is 1. The quantitative estimate of drug-likeness (QED) is 0.820. The molecule has 0 spiro atoms. The summed E-state index contributed by atoms with van der Waals surface area (Å²) in [6, 6.07) is 5.69. The first kappa shape index (κ1) is 17.1. The van der Waals surface area contributed by atoms with Crippen molar-refractivity contribution in [3.63, 3.8) is 0 Å². The second kappa shape index (κ2) is 6.88. The van der Waals surface area contributed by atoms with Crippen molar-refractivity contribution in [2.45, 2.75) is 24.4 Å². The van der Waals surface area contributed by atoms with E-state index in [4.69, 9.17) is 0 Å². The minimum absolute atomic E-state index is 0.144. The van der Waals surface area contributed by atoms with Crippen molar-refractivity contribution in [1.29, 1.82) is 0 Å². The van der Waals surface area contributed by atoms with Crippen LogP contribution in [0.5, 0.6) is 0 Å². The molecule has 0 saturated carbocycles. The Bertz CT molecular complexity index is 754. The fourth-order valence-electron chi connectivity index (χ4n) is 1.95. The zero-order valence-electron chi connectivity index (χ0n) is 13.2. The molecule has 0 aliphatic carbocycles. The number of hydrogen-bond donors (Lipinski definition) is 1. The summed E-state index contributed by atoms with van der Waals surface area (Å²) in [7, 11) is -0.573. The van der Waals surface area contributed by atoms with Crippen LogP contribution in [0.2, 0.25) is 0 Å². The lowest BCUT2D eigenvalue weighted by atomic mass is 10.2. The van der Waals surface area contributed by atoms with Crippen molar-refractivity contribution in [2.24, 2.45) is 0 Å². The number of benzene rings is 1. The van der Waals surface area contributed by atoms with Crippen LogP contribution >= 0.6 is 0 Å². The standard InChI is InChI=1S/C14H19N5O3S/c1-11(8-19-10-15-9-16-19)17-14(20)12-4-6-13(7-5-12)23(21,22)18(2)3/h4-7,9-11H,8H2,1-3H3,(H,17,20). The molecule has 1 heterocycles. The van der Waals surface area contributed by atoms with Crippen LogP contribution in [0.1, 0.15) is 17.3 Å². The molecule has 0 aliphatic rings. The van der Waals surface area contributed by atoms with Crippen molar-refractivity contribution in [3.05, 3.63) is 42.5 Å². The average molecular weight is 337 g/mol. The van der Waals surface area contributed by atoms with E-state index in [2.05, 4.69) is 15.4 Å². The first-order chi connectivity index (χ1) is 10.8. The predicted octanol–water partition coefficient (Wildman–Crippen LogP) is 0.347. The van der Waals surface area contributed by atoms with Crippen molar-refractivity contribution >= 4 is 15.9 Å². The maximum absolute atomic E-state index is 12.2. The summed E-state index contributed by atoms with van der Waals surface area (Å²) < 4.78 is 26.7. The fraction of sp³-hybridized carbons (Fsp3) is 0.357. The number of aromatic nitrogens is 3. The van der Waals surface area contributed by atoms with E-state index in [1.165, 1.54) is 44.7 Å². The van der Waals surface area contributed by atoms with Gasteiger partial charge in [0.05, 0.1) is 11.4 Å². The van der Waals surface area contributed by atoms with Crippen LogP contribution in [-0.4, -0.2) is 53.5 Å². The van der Waals surface area contributed by atoms with Crippen LogP contribution in [0.4, 0.5) is 0 Å². The van der Waals surface area contributed by atoms with E-state index in [-0.39, 0.29) is 16.8 Å². The largest absolute Gasteiger partial charge is 0.348 e. The van der Waals surface area contributed by atoms with Crippen LogP contribution < -0.4 is 5.32 Å². The highest BCUT2D eigenvalue weighted by Crippen LogP contribution is 2.14. The molecule has 0 aliphatic heterocycles. The molecule has 1 atom stereocenters. The van der Waals surface area contributed by atoms with Crippen LogP contribution in [0.3, 0.4) is 0 Å². The highest BCUT2D eigenvalue weighted by molar-refractivity contribution is 7.89. The number of carbonyl (C=O) groups excluding carboxylic acids is 1. The molecule has 2 rings (SSSR count). The summed E-state index contributed by atoms with van der Waals surface area (Å²) in [5.74, 6) is -0.272. The Kier molecular flexibility index (Phi) is 5.12. The lowest BCUT2D eigenvalue weighted by Crippen LogP contribution is -2.35. The van der Waals surface area contributed by atoms with Crippen LogP contribution in [-0.2, 0) is 16.6 Å². The Morgan fingerprint density at radius 1 is 1.30 bits per heavy atom. The van der Waals surface area contributed by atoms with E-state index < -0.39 is 10.0 Å². The Hall–Kier alpha value is -2.26. The van der Waals surface area contributed by atoms with Crippen LogP contribution in [0.25, 0.3) is 0 Å². The molecule has 9 heteroatoms. The minimum Gasteiger partial charge on any atom is -0.348 e. The maximum atomic E-state index is 12.2. The maximum Gasteiger partial charge on any atom is 0.251 e. The first-order valence-electron chi connectivity index (χ1n) is 6.96. The molecular weight excluding hydrogens is 318 g/mol. The Balaban J connectivity index is 2.03. The number of sulfonamides is 1. The van der Waals surface area contributed by atoms with Gasteiger partial charge < -0.3 is 5.32 Å². The van der Waals surface area contributed by atoms with Gasteiger partial charge in [0, 0.05) is 25.7 Å². The van der Waals surface area contributed by atoms with E-state index in [0.29, 0.717) is 12.1 Å². The molecule has 1 aromatic heterocycles. The van der Waals surface area contributed by atoms with Gasteiger partial charge in [-0.2, -0.15) is 5.10 Å². The van der Waals surface area contributed by atoms with E-state index in [9.17, 15) is 13.2 Å². The topological polar surface area (TPSA) is 97.2 Å². The van der Waals surface area contributed by atoms with E-state index in [1.807, 2.05) is 6.92 Å². The summed E-state index contributed by atoms with van der Waals surface area (Å²) in [5, 5.41) is 6.80. The Morgan fingerprint density at radius 3 is 2.48 bits per heavy atom. The number of nitrogens with zero attached hydrogens (tertiary/aromatic N) is 4. The molecule has 0 bridgehead atoms. The van der Waals surface area contributed by atoms with Gasteiger partial charge >= 0.3 is 0 Å². The molecule has 124 valence electrons. The van der Waals surface area contributed by atoms with Crippen molar-refractivity contribution < 1.29 is 13.2 Å². The second-order valence-corrected chi connectivity index (χ2v) is 7.46. The smallest absolute Gasteiger partial charge is 0.251 e. The summed E-state index contributed by atoms with van der Waals surface area (Å²) in [5.41, 5.74) is 0.396. The highest BCUT2D eigenvalue weighted by atomic mass is 32.2. The SMILES string of the molecule is CC(Cn1cncn1)NC(=O)c1ccc(S(=O)(=O)N(C)C)cc1. The summed E-state index contributed by atoms with van der Waals surface area (Å²) in [4.78, 5) is 16.1. The molecule has 1 unspecified atom stereocenters. The number of hydrogen-bond acceptors (Lipinski definition) is 5. The van der Waals surface area contributed by atoms with Gasteiger partial charge in [-0.25, -0.2) is 17.7 Å². The van der Waals surface area contributed by atoms with Gasteiger partial charge in [0.2, 0.25) is 10.0 Å². The van der Waals surface area contributed by atoms with Gasteiger partial charge in [0.1, 0.15) is 12.7 Å². The summed E-state index contributed by atoms with van der Waals surface area (Å²) >= 11 is 0. The monoisotopic (exact) mass is 337 g/mol. The molecule has 2 aromatic rings. The molecular formula is C14H19N5O3S. The predicted molar refractivity (Wildman–Crippen MR) is 84.3 cm³/mol. The zero-order chi connectivity index (χ0) is 17.0. The molecule has 1 amide bonds. The molecule has 23 heavy (non-hydrogen) atoms. The molecule has 0 radical (unpaired) electrons. The molecule has 1 aromatic carbocycles. The van der Waals surface area contributed by atoms with Crippen molar-refractivity contribution in [2.75, 3.05) is 14.1 Å². The van der Waals surface area contributed by atoms with E-state index in [0.717, 1.165) is 4.31 Å². The molecule has 8 nitrogen and oxygen atoms in total. The van der Waals surface area contributed by atoms with Crippen LogP contribution in [0, 0.1) is 0 Å². The zero-order valence-corrected chi connectivity index (χ0v) is 14.0. The third kappa shape index (κ3) is 4.14. The van der Waals surface area contributed by atoms with Gasteiger partial charge in [-0.05, 0) is 31.2 Å². The lowest BCUT2D eigenvalue weighted by molar-refractivity contribution is 0.0936. The number of nitrogens with one attached hydrogen (secondary N) is 1. The third-order valence-electron chi connectivity index (χ3n) is 3.20. The second-order valence-electron chi connectivity index (χ2n) is 5.30. The van der Waals surface area contributed by atoms with Crippen molar-refractivity contribution in [3.8, 4) is 0 Å². The number of rotatable bonds is 6. The van der Waals surface area contributed by atoms with Crippen LogP contribution in [0.15, 0.2) is 41.8 Å². The Labute approximate surface area is 135 Å². The molecule has 0 fully saturated rings. The average Bonchev–Trinajstić information content (AvgIpc) is 2.99. The minimum atomic E-state index is -3.49. The van der Waals surface area contributed by atoms with E-state index >= 15 is 0 Å². The first-order valence-corrected chi connectivity index (χ1v) is 8.40. The van der Waals surface area contributed by atoms with Gasteiger partial charge in [-0.15, -0.1) is 0 Å². The van der Waals surface area contributed by atoms with Gasteiger partial charge in [-0.3, -0.25) is 9.48 Å². The Morgan fingerprint density at radius 2 is 1.96 bits per heavy atom. The fourth-order valence-corrected chi connectivity index (χ4v) is 2.85. The summed E-state index contributed by atoms with van der Waals surface area (Å²) in [6.45, 7) is 2.35. The summed E-state index contributed by atoms with van der Waals surface area (Å²) in [6.07, 6.45) is 3.00. The lowest BCUT2D eigenvalue weighted by Gasteiger charge is -2.14. The third-order valence-corrected chi connectivity index (χ3v) is 5.03.